The first-order valence-electron chi connectivity index (χ1n) is 8.35. The zero-order valence-corrected chi connectivity index (χ0v) is 17.3. The normalized spacial score (nSPS) is 11.2. The van der Waals surface area contributed by atoms with Crippen molar-refractivity contribution in [3.63, 3.8) is 0 Å². The van der Waals surface area contributed by atoms with Crippen LogP contribution in [0.4, 0.5) is 5.69 Å². The summed E-state index contributed by atoms with van der Waals surface area (Å²) in [6.45, 7) is 1.42. The highest BCUT2D eigenvalue weighted by molar-refractivity contribution is 7.89. The number of amides is 1. The number of hydrogen-bond acceptors (Lipinski definition) is 6. The minimum atomic E-state index is -3.91. The first-order valence-corrected chi connectivity index (χ1v) is 9.79. The Morgan fingerprint density at radius 2 is 1.68 bits per heavy atom. The van der Waals surface area contributed by atoms with Gasteiger partial charge < -0.3 is 19.5 Å². The molecule has 2 rings (SSSR count). The Balaban J connectivity index is 2.40. The highest BCUT2D eigenvalue weighted by Crippen LogP contribution is 2.31. The maximum Gasteiger partial charge on any atom is 0.246 e. The Bertz CT molecular complexity index is 959. The van der Waals surface area contributed by atoms with Crippen LogP contribution in [0, 0.1) is 0 Å². The van der Waals surface area contributed by atoms with Crippen LogP contribution in [0.1, 0.15) is 12.5 Å². The van der Waals surface area contributed by atoms with Crippen LogP contribution >= 0.6 is 0 Å². The van der Waals surface area contributed by atoms with Crippen molar-refractivity contribution in [3.8, 4) is 17.2 Å². The SMILES string of the molecule is COc1ccc(CN(C)S(=O)(=O)c2cc(NC(C)=O)ccc2OC)c(OC)c1. The standard InChI is InChI=1S/C19H24N2O6S/c1-13(22)20-15-7-9-17(26-4)19(10-15)28(23,24)21(2)12-14-6-8-16(25-3)11-18(14)27-5/h6-11H,12H2,1-5H3,(H,20,22). The van der Waals surface area contributed by atoms with E-state index in [1.165, 1.54) is 44.6 Å². The molecule has 0 spiro atoms. The van der Waals surface area contributed by atoms with Gasteiger partial charge in [-0.1, -0.05) is 6.07 Å². The largest absolute Gasteiger partial charge is 0.497 e. The van der Waals surface area contributed by atoms with Crippen LogP contribution in [0.2, 0.25) is 0 Å². The van der Waals surface area contributed by atoms with E-state index in [9.17, 15) is 13.2 Å². The minimum Gasteiger partial charge on any atom is -0.497 e. The van der Waals surface area contributed by atoms with Crippen molar-refractivity contribution >= 4 is 21.6 Å². The molecule has 0 aliphatic rings. The van der Waals surface area contributed by atoms with E-state index in [1.54, 1.807) is 31.4 Å². The molecular formula is C19H24N2O6S. The van der Waals surface area contributed by atoms with Crippen molar-refractivity contribution < 1.29 is 27.4 Å². The number of sulfonamides is 1. The predicted octanol–water partition coefficient (Wildman–Crippen LogP) is 2.49. The highest BCUT2D eigenvalue weighted by atomic mass is 32.2. The molecule has 9 heteroatoms. The summed E-state index contributed by atoms with van der Waals surface area (Å²) in [5.74, 6) is 1.00. The molecule has 1 N–H and O–H groups in total. The number of carbonyl (C=O) groups is 1. The van der Waals surface area contributed by atoms with Crippen molar-refractivity contribution in [2.45, 2.75) is 18.4 Å². The molecule has 0 aliphatic carbocycles. The Labute approximate surface area is 165 Å². The molecule has 2 aromatic rings. The van der Waals surface area contributed by atoms with Gasteiger partial charge in [0.2, 0.25) is 15.9 Å². The lowest BCUT2D eigenvalue weighted by molar-refractivity contribution is -0.114. The second kappa shape index (κ2) is 8.94. The molecule has 0 aromatic heterocycles. The smallest absolute Gasteiger partial charge is 0.246 e. The minimum absolute atomic E-state index is 0.0452. The Morgan fingerprint density at radius 3 is 2.25 bits per heavy atom. The number of hydrogen-bond donors (Lipinski definition) is 1. The van der Waals surface area contributed by atoms with Gasteiger partial charge in [0.1, 0.15) is 22.1 Å². The van der Waals surface area contributed by atoms with Crippen molar-refractivity contribution in [2.75, 3.05) is 33.7 Å². The summed E-state index contributed by atoms with van der Waals surface area (Å²) in [6.07, 6.45) is 0. The van der Waals surface area contributed by atoms with Crippen molar-refractivity contribution in [1.29, 1.82) is 0 Å². The summed E-state index contributed by atoms with van der Waals surface area (Å²) < 4.78 is 43.2. The number of methoxy groups -OCH3 is 3. The molecule has 8 nitrogen and oxygen atoms in total. The molecule has 1 amide bonds. The van der Waals surface area contributed by atoms with Gasteiger partial charge in [-0.2, -0.15) is 4.31 Å². The summed E-state index contributed by atoms with van der Waals surface area (Å²) >= 11 is 0. The lowest BCUT2D eigenvalue weighted by Gasteiger charge is -2.21. The molecule has 0 heterocycles. The van der Waals surface area contributed by atoms with Gasteiger partial charge in [-0.3, -0.25) is 4.79 Å². The number of benzene rings is 2. The fraction of sp³-hybridized carbons (Fsp3) is 0.316. The van der Waals surface area contributed by atoms with Crippen LogP contribution in [0.15, 0.2) is 41.3 Å². The summed E-state index contributed by atoms with van der Waals surface area (Å²) in [5.41, 5.74) is 1.04. The van der Waals surface area contributed by atoms with Crippen LogP contribution < -0.4 is 19.5 Å². The van der Waals surface area contributed by atoms with Gasteiger partial charge in [-0.25, -0.2) is 8.42 Å². The topological polar surface area (TPSA) is 94.2 Å². The van der Waals surface area contributed by atoms with E-state index < -0.39 is 10.0 Å². The van der Waals surface area contributed by atoms with E-state index in [0.717, 1.165) is 0 Å². The predicted molar refractivity (Wildman–Crippen MR) is 105 cm³/mol. The fourth-order valence-electron chi connectivity index (χ4n) is 2.63. The number of nitrogens with one attached hydrogen (secondary N) is 1. The molecule has 2 aromatic carbocycles. The van der Waals surface area contributed by atoms with Gasteiger partial charge in [-0.05, 0) is 24.3 Å². The average Bonchev–Trinajstić information content (AvgIpc) is 2.67. The molecule has 0 fully saturated rings. The van der Waals surface area contributed by atoms with E-state index in [1.807, 2.05) is 0 Å². The monoisotopic (exact) mass is 408 g/mol. The second-order valence-electron chi connectivity index (χ2n) is 5.99. The van der Waals surface area contributed by atoms with Crippen LogP contribution in [-0.2, 0) is 21.4 Å². The van der Waals surface area contributed by atoms with Crippen LogP contribution in [0.5, 0.6) is 17.2 Å². The first kappa shape index (κ1) is 21.5. The lowest BCUT2D eigenvalue weighted by atomic mass is 10.2. The zero-order valence-electron chi connectivity index (χ0n) is 16.5. The maximum atomic E-state index is 13.1. The highest BCUT2D eigenvalue weighted by Gasteiger charge is 2.26. The summed E-state index contributed by atoms with van der Waals surface area (Å²) in [4.78, 5) is 11.3. The molecular weight excluding hydrogens is 384 g/mol. The van der Waals surface area contributed by atoms with Crippen LogP contribution in [0.3, 0.4) is 0 Å². The third kappa shape index (κ3) is 4.73. The van der Waals surface area contributed by atoms with E-state index in [-0.39, 0.29) is 23.1 Å². The molecule has 0 bridgehead atoms. The van der Waals surface area contributed by atoms with Gasteiger partial charge in [0, 0.05) is 37.8 Å². The van der Waals surface area contributed by atoms with Gasteiger partial charge in [0.15, 0.2) is 0 Å². The Morgan fingerprint density at radius 1 is 1.00 bits per heavy atom. The molecule has 152 valence electrons. The van der Waals surface area contributed by atoms with Gasteiger partial charge >= 0.3 is 0 Å². The fourth-order valence-corrected chi connectivity index (χ4v) is 3.96. The van der Waals surface area contributed by atoms with E-state index in [2.05, 4.69) is 5.32 Å². The molecule has 28 heavy (non-hydrogen) atoms. The van der Waals surface area contributed by atoms with Crippen LogP contribution in [-0.4, -0.2) is 47.0 Å². The molecule has 0 radical (unpaired) electrons. The van der Waals surface area contributed by atoms with E-state index in [4.69, 9.17) is 14.2 Å². The van der Waals surface area contributed by atoms with E-state index >= 15 is 0 Å². The summed E-state index contributed by atoms with van der Waals surface area (Å²) in [7, 11) is 1.99. The summed E-state index contributed by atoms with van der Waals surface area (Å²) in [6, 6.07) is 9.61. The number of nitrogens with zero attached hydrogens (tertiary/aromatic N) is 1. The Kier molecular flexibility index (Phi) is 6.87. The van der Waals surface area contributed by atoms with Gasteiger partial charge in [0.25, 0.3) is 0 Å². The Hall–Kier alpha value is -2.78. The lowest BCUT2D eigenvalue weighted by Crippen LogP contribution is -2.27. The van der Waals surface area contributed by atoms with Gasteiger partial charge in [0.05, 0.1) is 21.3 Å². The third-order valence-electron chi connectivity index (χ3n) is 4.06. The molecule has 0 saturated heterocycles. The molecule has 0 unspecified atom stereocenters. The van der Waals surface area contributed by atoms with Crippen molar-refractivity contribution in [3.05, 3.63) is 42.0 Å². The number of anilines is 1. The second-order valence-corrected chi connectivity index (χ2v) is 8.00. The first-order chi connectivity index (χ1) is 13.2. The number of carbonyl (C=O) groups excluding carboxylic acids is 1. The molecule has 0 saturated carbocycles. The molecule has 0 aliphatic heterocycles. The number of ether oxygens (including phenoxy) is 3. The van der Waals surface area contributed by atoms with Gasteiger partial charge in [-0.15, -0.1) is 0 Å². The van der Waals surface area contributed by atoms with Crippen molar-refractivity contribution in [1.82, 2.24) is 4.31 Å². The van der Waals surface area contributed by atoms with Crippen molar-refractivity contribution in [2.24, 2.45) is 0 Å². The molecule has 0 atom stereocenters. The maximum absolute atomic E-state index is 13.1. The van der Waals surface area contributed by atoms with Crippen LogP contribution in [0.25, 0.3) is 0 Å². The quantitative estimate of drug-likeness (QED) is 0.721. The number of rotatable bonds is 8. The third-order valence-corrected chi connectivity index (χ3v) is 5.88. The zero-order chi connectivity index (χ0) is 20.9. The average molecular weight is 408 g/mol. The summed E-state index contributed by atoms with van der Waals surface area (Å²) in [5, 5.41) is 2.58. The van der Waals surface area contributed by atoms with E-state index in [0.29, 0.717) is 22.7 Å².